The molecule has 1 aromatic heterocycles. The van der Waals surface area contributed by atoms with Crippen LogP contribution in [0.25, 0.3) is 6.08 Å². The van der Waals surface area contributed by atoms with Crippen molar-refractivity contribution in [3.05, 3.63) is 57.9 Å². The predicted molar refractivity (Wildman–Crippen MR) is 118 cm³/mol. The number of nitrogens with zero attached hydrogens (tertiary/aromatic N) is 2. The molecular formula is C22H27ClN2O4S. The van der Waals surface area contributed by atoms with Crippen molar-refractivity contribution < 1.29 is 17.9 Å². The molecule has 0 amide bonds. The lowest BCUT2D eigenvalue weighted by Gasteiger charge is -2.19. The van der Waals surface area contributed by atoms with Crippen molar-refractivity contribution in [2.24, 2.45) is 0 Å². The monoisotopic (exact) mass is 450 g/mol. The van der Waals surface area contributed by atoms with E-state index in [0.29, 0.717) is 22.8 Å². The molecule has 0 aliphatic carbocycles. The first kappa shape index (κ1) is 22.6. The molecule has 1 fully saturated rings. The summed E-state index contributed by atoms with van der Waals surface area (Å²) in [4.78, 5) is 12.1. The topological polar surface area (TPSA) is 78.3 Å². The number of halogens is 1. The molecule has 0 saturated carbocycles. The molecule has 1 atom stereocenters. The summed E-state index contributed by atoms with van der Waals surface area (Å²) in [6, 6.07) is 7.72. The molecule has 1 aliphatic rings. The number of aryl methyl sites for hydroxylation is 1. The van der Waals surface area contributed by atoms with E-state index < -0.39 is 15.8 Å². The molecule has 0 unspecified atom stereocenters. The number of carbonyl (C=O) groups is 1. The maximum atomic E-state index is 12.1. The average molecular weight is 451 g/mol. The SMILES string of the molecule is Cc1nn([C@@H]2CCS(=O)(=O)C2)c(Cl)c1/C=C/C(=O)OCc1ccc(C(C)(C)C)cc1. The fraction of sp³-hybridized carbons (Fsp3) is 0.455. The average Bonchev–Trinajstić information content (AvgIpc) is 3.16. The van der Waals surface area contributed by atoms with Gasteiger partial charge in [-0.3, -0.25) is 0 Å². The number of rotatable bonds is 5. The van der Waals surface area contributed by atoms with E-state index in [0.717, 1.165) is 5.56 Å². The van der Waals surface area contributed by atoms with Crippen LogP contribution < -0.4 is 0 Å². The van der Waals surface area contributed by atoms with E-state index in [1.54, 1.807) is 17.7 Å². The van der Waals surface area contributed by atoms with Gasteiger partial charge in [-0.2, -0.15) is 5.10 Å². The van der Waals surface area contributed by atoms with Gasteiger partial charge in [-0.25, -0.2) is 17.9 Å². The third kappa shape index (κ3) is 5.32. The van der Waals surface area contributed by atoms with Gasteiger partial charge in [0.1, 0.15) is 11.8 Å². The van der Waals surface area contributed by atoms with Gasteiger partial charge in [0.15, 0.2) is 9.84 Å². The van der Waals surface area contributed by atoms with Crippen molar-refractivity contribution in [3.63, 3.8) is 0 Å². The van der Waals surface area contributed by atoms with Crippen LogP contribution in [0.3, 0.4) is 0 Å². The first-order valence-corrected chi connectivity index (χ1v) is 12.1. The van der Waals surface area contributed by atoms with E-state index in [1.807, 2.05) is 24.3 Å². The molecule has 0 radical (unpaired) electrons. The highest BCUT2D eigenvalue weighted by Gasteiger charge is 2.31. The van der Waals surface area contributed by atoms with Crippen LogP contribution in [0.5, 0.6) is 0 Å². The number of benzene rings is 1. The first-order chi connectivity index (χ1) is 14.0. The molecule has 0 N–H and O–H groups in total. The lowest BCUT2D eigenvalue weighted by atomic mass is 9.87. The van der Waals surface area contributed by atoms with Crippen LogP contribution in [0.1, 0.15) is 55.6 Å². The summed E-state index contributed by atoms with van der Waals surface area (Å²) in [7, 11) is -3.05. The van der Waals surface area contributed by atoms with E-state index >= 15 is 0 Å². The van der Waals surface area contributed by atoms with E-state index in [2.05, 4.69) is 25.9 Å². The van der Waals surface area contributed by atoms with Crippen LogP contribution in [0.4, 0.5) is 0 Å². The van der Waals surface area contributed by atoms with Gasteiger partial charge in [0, 0.05) is 11.6 Å². The Hall–Kier alpha value is -2.12. The minimum absolute atomic E-state index is 0.0348. The number of carbonyl (C=O) groups excluding carboxylic acids is 1. The summed E-state index contributed by atoms with van der Waals surface area (Å²) in [5.41, 5.74) is 3.42. The third-order valence-corrected chi connectivity index (χ3v) is 7.34. The third-order valence-electron chi connectivity index (χ3n) is 5.21. The van der Waals surface area contributed by atoms with E-state index in [9.17, 15) is 13.2 Å². The van der Waals surface area contributed by atoms with Gasteiger partial charge in [0.25, 0.3) is 0 Å². The summed E-state index contributed by atoms with van der Waals surface area (Å²) in [5, 5.41) is 4.70. The highest BCUT2D eigenvalue weighted by molar-refractivity contribution is 7.91. The number of ether oxygens (including phenoxy) is 1. The molecule has 2 heterocycles. The molecule has 2 aromatic rings. The highest BCUT2D eigenvalue weighted by Crippen LogP contribution is 2.30. The van der Waals surface area contributed by atoms with E-state index in [4.69, 9.17) is 16.3 Å². The lowest BCUT2D eigenvalue weighted by Crippen LogP contribution is -2.12. The molecule has 3 rings (SSSR count). The normalized spacial score (nSPS) is 18.8. The summed E-state index contributed by atoms with van der Waals surface area (Å²) in [6.07, 6.45) is 3.37. The molecule has 6 nitrogen and oxygen atoms in total. The molecule has 8 heteroatoms. The molecular weight excluding hydrogens is 424 g/mol. The molecule has 1 aliphatic heterocycles. The van der Waals surface area contributed by atoms with Gasteiger partial charge < -0.3 is 4.74 Å². The Morgan fingerprint density at radius 3 is 2.53 bits per heavy atom. The quantitative estimate of drug-likeness (QED) is 0.502. The van der Waals surface area contributed by atoms with Gasteiger partial charge in [-0.05, 0) is 36.0 Å². The molecule has 0 spiro atoms. The zero-order valence-electron chi connectivity index (χ0n) is 17.7. The number of aromatic nitrogens is 2. The van der Waals surface area contributed by atoms with Gasteiger partial charge in [-0.15, -0.1) is 0 Å². The Balaban J connectivity index is 1.62. The van der Waals surface area contributed by atoms with Crippen LogP contribution in [0.2, 0.25) is 5.15 Å². The van der Waals surface area contributed by atoms with Gasteiger partial charge in [-0.1, -0.05) is 56.6 Å². The smallest absolute Gasteiger partial charge is 0.331 e. The number of esters is 1. The second-order valence-corrected chi connectivity index (χ2v) is 11.3. The lowest BCUT2D eigenvalue weighted by molar-refractivity contribution is -0.138. The van der Waals surface area contributed by atoms with Crippen molar-refractivity contribution in [3.8, 4) is 0 Å². The van der Waals surface area contributed by atoms with Gasteiger partial charge >= 0.3 is 5.97 Å². The predicted octanol–water partition coefficient (Wildman–Crippen LogP) is 4.26. The second kappa shape index (κ2) is 8.55. The Bertz CT molecular complexity index is 1060. The number of hydrogen-bond acceptors (Lipinski definition) is 5. The zero-order valence-corrected chi connectivity index (χ0v) is 19.3. The van der Waals surface area contributed by atoms with Crippen molar-refractivity contribution in [2.75, 3.05) is 11.5 Å². The summed E-state index contributed by atoms with van der Waals surface area (Å²) in [5.74, 6) is -0.310. The number of sulfone groups is 1. The van der Waals surface area contributed by atoms with Gasteiger partial charge in [0.05, 0.1) is 23.2 Å². The maximum absolute atomic E-state index is 12.1. The standard InChI is InChI=1S/C22H27ClN2O4S/c1-15-19(21(23)25(24-15)18-11-12-30(27,28)14-18)9-10-20(26)29-13-16-5-7-17(8-6-16)22(2,3)4/h5-10,18H,11-14H2,1-4H3/b10-9+/t18-/m1/s1. The molecule has 1 saturated heterocycles. The highest BCUT2D eigenvalue weighted by atomic mass is 35.5. The fourth-order valence-corrected chi connectivity index (χ4v) is 5.45. The Kier molecular flexibility index (Phi) is 6.43. The van der Waals surface area contributed by atoms with Crippen molar-refractivity contribution in [1.29, 1.82) is 0 Å². The zero-order chi connectivity index (χ0) is 22.1. The molecule has 1 aromatic carbocycles. The molecule has 0 bridgehead atoms. The summed E-state index contributed by atoms with van der Waals surface area (Å²) in [6.45, 7) is 8.39. The molecule has 162 valence electrons. The van der Waals surface area contributed by atoms with Crippen LogP contribution in [0, 0.1) is 6.92 Å². The van der Waals surface area contributed by atoms with Crippen LogP contribution >= 0.6 is 11.6 Å². The van der Waals surface area contributed by atoms with Crippen LogP contribution in [0.15, 0.2) is 30.3 Å². The Morgan fingerprint density at radius 1 is 1.30 bits per heavy atom. The van der Waals surface area contributed by atoms with Crippen molar-refractivity contribution >= 4 is 33.5 Å². The number of hydrogen-bond donors (Lipinski definition) is 0. The minimum Gasteiger partial charge on any atom is -0.458 e. The first-order valence-electron chi connectivity index (χ1n) is 9.85. The van der Waals surface area contributed by atoms with Gasteiger partial charge in [0.2, 0.25) is 0 Å². The van der Waals surface area contributed by atoms with E-state index in [1.165, 1.54) is 11.6 Å². The van der Waals surface area contributed by atoms with Crippen molar-refractivity contribution in [2.45, 2.75) is 52.2 Å². The minimum atomic E-state index is -3.05. The summed E-state index contributed by atoms with van der Waals surface area (Å²) >= 11 is 6.41. The largest absolute Gasteiger partial charge is 0.458 e. The van der Waals surface area contributed by atoms with E-state index in [-0.39, 0.29) is 29.6 Å². The van der Waals surface area contributed by atoms with Crippen LogP contribution in [-0.4, -0.2) is 35.7 Å². The molecule has 30 heavy (non-hydrogen) atoms. The fourth-order valence-electron chi connectivity index (χ4n) is 3.39. The van der Waals surface area contributed by atoms with Crippen LogP contribution in [-0.2, 0) is 31.4 Å². The van der Waals surface area contributed by atoms with Crippen molar-refractivity contribution in [1.82, 2.24) is 9.78 Å². The Labute approximate surface area is 182 Å². The Morgan fingerprint density at radius 2 is 1.97 bits per heavy atom. The maximum Gasteiger partial charge on any atom is 0.331 e. The summed E-state index contributed by atoms with van der Waals surface area (Å²) < 4.78 is 30.3. The second-order valence-electron chi connectivity index (χ2n) is 8.68.